The van der Waals surface area contributed by atoms with Gasteiger partial charge in [0.15, 0.2) is 5.16 Å². The molecule has 2 aliphatic rings. The third-order valence-electron chi connectivity index (χ3n) is 5.59. The van der Waals surface area contributed by atoms with Crippen LogP contribution in [-0.4, -0.2) is 52.3 Å². The Morgan fingerprint density at radius 3 is 2.93 bits per heavy atom. The fourth-order valence-electron chi connectivity index (χ4n) is 3.98. The summed E-state index contributed by atoms with van der Waals surface area (Å²) in [7, 11) is 0. The van der Waals surface area contributed by atoms with Crippen molar-refractivity contribution < 1.29 is 9.53 Å². The van der Waals surface area contributed by atoms with E-state index in [0.29, 0.717) is 12.6 Å². The van der Waals surface area contributed by atoms with Crippen molar-refractivity contribution in [1.82, 2.24) is 14.9 Å². The lowest BCUT2D eigenvalue weighted by atomic mass is 9.92. The van der Waals surface area contributed by atoms with Gasteiger partial charge in [-0.1, -0.05) is 35.9 Å². The number of ether oxygens (including phenoxy) is 1. The van der Waals surface area contributed by atoms with Gasteiger partial charge in [-0.05, 0) is 50.3 Å². The van der Waals surface area contributed by atoms with Gasteiger partial charge in [0.2, 0.25) is 0 Å². The fraction of sp³-hybridized carbons (Fsp3) is 0.458. The molecular weight excluding hydrogens is 394 g/mol. The normalized spacial score (nSPS) is 21.2. The summed E-state index contributed by atoms with van der Waals surface area (Å²) < 4.78 is 5.71. The number of hydrogen-bond donors (Lipinski definition) is 0. The van der Waals surface area contributed by atoms with E-state index >= 15 is 0 Å². The number of likely N-dealkylation sites (tertiary alicyclic amines) is 1. The first-order valence-electron chi connectivity index (χ1n) is 10.6. The maximum Gasteiger partial charge on any atom is 0.298 e. The molecule has 6 heteroatoms. The van der Waals surface area contributed by atoms with Crippen molar-refractivity contribution in [2.75, 3.05) is 25.4 Å². The molecular formula is C24H27N3O2S. The summed E-state index contributed by atoms with van der Waals surface area (Å²) in [5.41, 5.74) is 3.01. The molecule has 2 aromatic rings. The highest BCUT2D eigenvalue weighted by Crippen LogP contribution is 2.29. The van der Waals surface area contributed by atoms with Crippen molar-refractivity contribution in [3.63, 3.8) is 0 Å². The molecule has 1 amide bonds. The molecule has 4 rings (SSSR count). The van der Waals surface area contributed by atoms with Crippen molar-refractivity contribution in [3.8, 4) is 11.8 Å². The van der Waals surface area contributed by atoms with E-state index in [0.717, 1.165) is 66.6 Å². The molecule has 2 fully saturated rings. The monoisotopic (exact) mass is 421 g/mol. The molecule has 0 aliphatic carbocycles. The van der Waals surface area contributed by atoms with E-state index in [1.165, 1.54) is 0 Å². The number of nitrogens with zero attached hydrogens (tertiary/aromatic N) is 3. The lowest BCUT2D eigenvalue weighted by Gasteiger charge is -2.31. The lowest BCUT2D eigenvalue weighted by molar-refractivity contribution is -0.126. The third-order valence-corrected chi connectivity index (χ3v) is 6.59. The molecule has 0 bridgehead atoms. The molecule has 2 saturated heterocycles. The average molecular weight is 422 g/mol. The number of aromatic nitrogens is 2. The summed E-state index contributed by atoms with van der Waals surface area (Å²) in [6.07, 6.45) is 6.49. The van der Waals surface area contributed by atoms with Gasteiger partial charge in [0, 0.05) is 49.0 Å². The summed E-state index contributed by atoms with van der Waals surface area (Å²) in [5.74, 6) is 6.80. The summed E-state index contributed by atoms with van der Waals surface area (Å²) in [5, 5.41) is 0.804. The number of carbonyl (C=O) groups excluding carboxylic acids is 1. The Labute approximate surface area is 182 Å². The molecule has 2 unspecified atom stereocenters. The van der Waals surface area contributed by atoms with Crippen molar-refractivity contribution in [3.05, 3.63) is 53.3 Å². The van der Waals surface area contributed by atoms with E-state index in [1.54, 1.807) is 11.8 Å². The molecule has 0 saturated carbocycles. The van der Waals surface area contributed by atoms with E-state index in [-0.39, 0.29) is 11.8 Å². The zero-order valence-electron chi connectivity index (χ0n) is 17.3. The number of piperidine rings is 1. The molecule has 5 nitrogen and oxygen atoms in total. The van der Waals surface area contributed by atoms with Crippen LogP contribution in [0.2, 0.25) is 0 Å². The van der Waals surface area contributed by atoms with Gasteiger partial charge in [-0.25, -0.2) is 9.97 Å². The molecule has 0 spiro atoms. The van der Waals surface area contributed by atoms with E-state index in [2.05, 4.69) is 23.7 Å². The number of amides is 1. The van der Waals surface area contributed by atoms with Gasteiger partial charge < -0.3 is 9.64 Å². The maximum absolute atomic E-state index is 12.7. The second-order valence-corrected chi connectivity index (χ2v) is 8.86. The van der Waals surface area contributed by atoms with Crippen molar-refractivity contribution in [2.45, 2.75) is 49.8 Å². The summed E-state index contributed by atoms with van der Waals surface area (Å²) in [6, 6.07) is 9.63. The van der Waals surface area contributed by atoms with E-state index in [4.69, 9.17) is 9.72 Å². The summed E-state index contributed by atoms with van der Waals surface area (Å²) in [6.45, 7) is 4.34. The Kier molecular flexibility index (Phi) is 7.03. The Hall–Kier alpha value is -2.36. The Bertz CT molecular complexity index is 932. The zero-order chi connectivity index (χ0) is 20.8. The van der Waals surface area contributed by atoms with Crippen LogP contribution in [0.1, 0.15) is 48.4 Å². The minimum atomic E-state index is -0.108. The molecule has 3 heterocycles. The second-order valence-electron chi connectivity index (χ2n) is 7.87. The van der Waals surface area contributed by atoms with Gasteiger partial charge in [-0.2, -0.15) is 0 Å². The number of benzene rings is 1. The van der Waals surface area contributed by atoms with Gasteiger partial charge in [-0.3, -0.25) is 4.79 Å². The predicted molar refractivity (Wildman–Crippen MR) is 118 cm³/mol. The van der Waals surface area contributed by atoms with Gasteiger partial charge >= 0.3 is 0 Å². The topological polar surface area (TPSA) is 55.3 Å². The highest BCUT2D eigenvalue weighted by atomic mass is 32.2. The molecule has 1 aromatic heterocycles. The van der Waals surface area contributed by atoms with Crippen LogP contribution in [0.5, 0.6) is 0 Å². The highest BCUT2D eigenvalue weighted by Gasteiger charge is 2.26. The number of rotatable bonds is 4. The molecule has 0 radical (unpaired) electrons. The summed E-state index contributed by atoms with van der Waals surface area (Å²) in [4.78, 5) is 23.9. The van der Waals surface area contributed by atoms with Crippen LogP contribution in [0.4, 0.5) is 0 Å². The predicted octanol–water partition coefficient (Wildman–Crippen LogP) is 3.81. The van der Waals surface area contributed by atoms with Gasteiger partial charge in [0.1, 0.15) is 0 Å². The van der Waals surface area contributed by atoms with Gasteiger partial charge in [0.25, 0.3) is 5.91 Å². The SMILES string of the molecule is Cc1cnc(SCC2CCCO2)nc1C1CCCN(C(=O)C#Cc2ccccc2)C1. The van der Waals surface area contributed by atoms with Crippen LogP contribution in [-0.2, 0) is 9.53 Å². The van der Waals surface area contributed by atoms with Crippen molar-refractivity contribution in [2.24, 2.45) is 0 Å². The van der Waals surface area contributed by atoms with E-state index in [9.17, 15) is 4.79 Å². The largest absolute Gasteiger partial charge is 0.377 e. The van der Waals surface area contributed by atoms with Crippen LogP contribution < -0.4 is 0 Å². The smallest absolute Gasteiger partial charge is 0.298 e. The molecule has 30 heavy (non-hydrogen) atoms. The van der Waals surface area contributed by atoms with Crippen LogP contribution in [0, 0.1) is 18.8 Å². The van der Waals surface area contributed by atoms with Crippen LogP contribution in [0.3, 0.4) is 0 Å². The number of thioether (sulfide) groups is 1. The van der Waals surface area contributed by atoms with Crippen molar-refractivity contribution >= 4 is 17.7 Å². The van der Waals surface area contributed by atoms with E-state index < -0.39 is 0 Å². The number of aryl methyl sites for hydroxylation is 1. The van der Waals surface area contributed by atoms with Gasteiger partial charge in [-0.15, -0.1) is 0 Å². The Morgan fingerprint density at radius 2 is 2.13 bits per heavy atom. The Morgan fingerprint density at radius 1 is 1.27 bits per heavy atom. The highest BCUT2D eigenvalue weighted by molar-refractivity contribution is 7.99. The second kappa shape index (κ2) is 10.1. The fourth-order valence-corrected chi connectivity index (χ4v) is 4.86. The molecule has 0 N–H and O–H groups in total. The van der Waals surface area contributed by atoms with Crippen molar-refractivity contribution in [1.29, 1.82) is 0 Å². The zero-order valence-corrected chi connectivity index (χ0v) is 18.2. The number of carbonyl (C=O) groups is 1. The lowest BCUT2D eigenvalue weighted by Crippen LogP contribution is -2.38. The first-order valence-corrected chi connectivity index (χ1v) is 11.6. The molecule has 2 atom stereocenters. The standard InChI is InChI=1S/C24H27N3O2S/c1-18-15-25-24(30-17-21-10-6-14-29-21)26-23(18)20-9-5-13-27(16-20)22(28)12-11-19-7-3-2-4-8-19/h2-4,7-8,15,20-21H,5-6,9-10,13-14,16-17H2,1H3. The van der Waals surface area contributed by atoms with Crippen LogP contribution in [0.25, 0.3) is 0 Å². The average Bonchev–Trinajstić information content (AvgIpc) is 3.31. The van der Waals surface area contributed by atoms with Gasteiger partial charge in [0.05, 0.1) is 11.8 Å². The minimum absolute atomic E-state index is 0.108. The quantitative estimate of drug-likeness (QED) is 0.427. The summed E-state index contributed by atoms with van der Waals surface area (Å²) >= 11 is 1.67. The maximum atomic E-state index is 12.7. The third kappa shape index (κ3) is 5.41. The molecule has 1 aromatic carbocycles. The molecule has 156 valence electrons. The first kappa shape index (κ1) is 20.9. The minimum Gasteiger partial charge on any atom is -0.377 e. The van der Waals surface area contributed by atoms with Crippen LogP contribution >= 0.6 is 11.8 Å². The Balaban J connectivity index is 1.41. The van der Waals surface area contributed by atoms with E-state index in [1.807, 2.05) is 41.4 Å². The first-order chi connectivity index (χ1) is 14.7. The van der Waals surface area contributed by atoms with Crippen LogP contribution in [0.15, 0.2) is 41.7 Å². The molecule has 2 aliphatic heterocycles. The number of hydrogen-bond acceptors (Lipinski definition) is 5.